The molecule has 12 rings (SSSR count). The minimum atomic E-state index is -2.06. The van der Waals surface area contributed by atoms with E-state index in [4.69, 9.17) is 43.3 Å². The van der Waals surface area contributed by atoms with Gasteiger partial charge in [0.2, 0.25) is 0 Å². The smallest absolute Gasteiger partial charge is 0.507 e. The van der Waals surface area contributed by atoms with Gasteiger partial charge < -0.3 is 37.2 Å². The quantitative estimate of drug-likeness (QED) is 0.104. The fourth-order valence-corrected chi connectivity index (χ4v) is 19.7. The minimum absolute atomic E-state index is 0.0198. The van der Waals surface area contributed by atoms with Crippen molar-refractivity contribution in [2.75, 3.05) is 0 Å². The van der Waals surface area contributed by atoms with Crippen molar-refractivity contribution in [3.8, 4) is 46.0 Å². The van der Waals surface area contributed by atoms with Crippen molar-refractivity contribution in [3.05, 3.63) is 231 Å². The molecule has 1 N–H and O–H groups in total. The second-order valence-corrected chi connectivity index (χ2v) is 54.3. The number of rotatable bonds is 4. The molecule has 8 aromatic carbocycles. The summed E-state index contributed by atoms with van der Waals surface area (Å²) in [6.45, 7) is 102. The Bertz CT molecular complexity index is 5380. The number of benzene rings is 8. The van der Waals surface area contributed by atoms with Crippen LogP contribution in [-0.2, 0) is 85.4 Å². The first-order chi connectivity index (χ1) is 57.1. The number of phenolic OH excluding ortho intramolecular Hbond substituents is 1. The summed E-state index contributed by atoms with van der Waals surface area (Å²) in [7, 11) is -3.72. The number of aromatic hydroxyl groups is 1. The SMILES string of the molecule is CC1c2cc(C(C)(C)C)cc(C(C)(C)C)c2OP(Cl)Oc2c1cc(C(C)(C)C)cc2C(C)(C)C.Cc1cc(C2C(=O)Oc3c2cc(C(C)(C)C)cc3C(C)(C)C)cc(C(C)(C)C)c1O.Cc1cc(C2C(=O)Oc3c2cc(C(C)(C)C)cc3C(C)(C)C)cc(C(C)(C)C)c1OP1Oc2c(cc(C(C)(C)C)cc2C(C)(C)C)C(C)c2cc(C(C)(C)C)cc(C(C)(C)C)c2O1. The summed E-state index contributed by atoms with van der Waals surface area (Å²) in [5, 5.41) is 10.6. The first-order valence-corrected chi connectivity index (χ1v) is 49.5. The zero-order valence-corrected chi connectivity index (χ0v) is 89.5. The second kappa shape index (κ2) is 34.0. The van der Waals surface area contributed by atoms with E-state index in [0.717, 1.165) is 101 Å². The average molecular weight is 1790 g/mol. The van der Waals surface area contributed by atoms with Crippen LogP contribution in [0.5, 0.6) is 46.0 Å². The monoisotopic (exact) mass is 1790 g/mol. The number of esters is 2. The highest BCUT2D eigenvalue weighted by atomic mass is 35.7. The molecule has 4 aliphatic rings. The Morgan fingerprint density at radius 2 is 0.496 bits per heavy atom. The molecule has 2 unspecified atom stereocenters. The van der Waals surface area contributed by atoms with Crippen LogP contribution in [0.25, 0.3) is 0 Å². The van der Waals surface area contributed by atoms with Crippen LogP contribution in [0.3, 0.4) is 0 Å². The number of hydrogen-bond donors (Lipinski definition) is 1. The lowest BCUT2D eigenvalue weighted by molar-refractivity contribution is -0.134. The third kappa shape index (κ3) is 21.7. The van der Waals surface area contributed by atoms with Crippen LogP contribution < -0.4 is 32.1 Å². The fourth-order valence-electron chi connectivity index (χ4n) is 17.4. The average Bonchev–Trinajstić information content (AvgIpc) is 1.61. The van der Waals surface area contributed by atoms with E-state index < -0.39 is 28.2 Å². The van der Waals surface area contributed by atoms with Crippen LogP contribution in [-0.4, -0.2) is 17.0 Å². The number of fused-ring (bicyclic) bond motifs is 6. The Balaban J connectivity index is 0.000000220. The molecule has 10 nitrogen and oxygen atoms in total. The molecule has 0 aliphatic carbocycles. The number of carbonyl (C=O) groups excluding carboxylic acids is 2. The zero-order valence-electron chi connectivity index (χ0n) is 86.9. The summed E-state index contributed by atoms with van der Waals surface area (Å²) < 4.78 is 47.0. The molecule has 127 heavy (non-hydrogen) atoms. The second-order valence-electron chi connectivity index (χ2n) is 51.6. The number of phenols is 1. The van der Waals surface area contributed by atoms with Gasteiger partial charge in [0.05, 0.1) is 0 Å². The molecule has 0 saturated heterocycles. The van der Waals surface area contributed by atoms with Crippen LogP contribution in [0.15, 0.2) is 97.1 Å². The first-order valence-electron chi connectivity index (χ1n) is 46.3. The summed E-state index contributed by atoms with van der Waals surface area (Å²) >= 11 is 6.82. The van der Waals surface area contributed by atoms with Gasteiger partial charge in [-0.15, -0.1) is 0 Å². The van der Waals surface area contributed by atoms with Gasteiger partial charge in [0.15, 0.2) is 0 Å². The molecule has 0 bridgehead atoms. The van der Waals surface area contributed by atoms with Gasteiger partial charge in [0.25, 0.3) is 0 Å². The molecule has 2 atom stereocenters. The predicted molar refractivity (Wildman–Crippen MR) is 537 cm³/mol. The van der Waals surface area contributed by atoms with E-state index in [0.29, 0.717) is 23.0 Å². The lowest BCUT2D eigenvalue weighted by Crippen LogP contribution is -2.24. The summed E-state index contributed by atoms with van der Waals surface area (Å²) in [6, 6.07) is 35.6. The number of halogens is 1. The summed E-state index contributed by atoms with van der Waals surface area (Å²) in [4.78, 5) is 27.3. The van der Waals surface area contributed by atoms with Crippen molar-refractivity contribution in [2.45, 2.75) is 418 Å². The number of aryl methyl sites for hydroxylation is 2. The molecular weight excluding hydrogens is 1630 g/mol. The van der Waals surface area contributed by atoms with E-state index in [9.17, 15) is 14.7 Å². The number of ether oxygens (including phenoxy) is 2. The van der Waals surface area contributed by atoms with Crippen molar-refractivity contribution in [2.24, 2.45) is 0 Å². The van der Waals surface area contributed by atoms with Crippen molar-refractivity contribution in [1.29, 1.82) is 0 Å². The number of carbonyl (C=O) groups is 2. The first kappa shape index (κ1) is 102. The molecule has 0 saturated carbocycles. The van der Waals surface area contributed by atoms with Crippen molar-refractivity contribution in [1.82, 2.24) is 0 Å². The van der Waals surface area contributed by atoms with Gasteiger partial charge in [-0.3, -0.25) is 9.59 Å². The highest BCUT2D eigenvalue weighted by Gasteiger charge is 2.47. The van der Waals surface area contributed by atoms with E-state index in [1.807, 2.05) is 19.1 Å². The summed E-state index contributed by atoms with van der Waals surface area (Å²) in [6.07, 6.45) is 0. The maximum absolute atomic E-state index is 14.2. The minimum Gasteiger partial charge on any atom is -0.507 e. The van der Waals surface area contributed by atoms with Gasteiger partial charge >= 0.3 is 28.3 Å². The largest absolute Gasteiger partial charge is 0.530 e. The predicted octanol–water partition coefficient (Wildman–Crippen LogP) is 33.3. The van der Waals surface area contributed by atoms with Gasteiger partial charge in [0, 0.05) is 84.2 Å². The van der Waals surface area contributed by atoms with Crippen LogP contribution >= 0.6 is 27.6 Å². The zero-order chi connectivity index (χ0) is 96.4. The van der Waals surface area contributed by atoms with Gasteiger partial charge in [0.1, 0.15) is 57.8 Å². The topological polar surface area (TPSA) is 119 Å². The molecule has 0 spiro atoms. The maximum Gasteiger partial charge on any atom is 0.530 e. The molecule has 0 radical (unpaired) electrons. The van der Waals surface area contributed by atoms with Gasteiger partial charge in [-0.25, -0.2) is 0 Å². The van der Waals surface area contributed by atoms with E-state index in [2.05, 4.69) is 396 Å². The van der Waals surface area contributed by atoms with E-state index in [1.165, 1.54) is 55.6 Å². The third-order valence-electron chi connectivity index (χ3n) is 25.8. The summed E-state index contributed by atoms with van der Waals surface area (Å²) in [5.41, 5.74) is 24.2. The number of hydrogen-bond acceptors (Lipinski definition) is 10. The molecular formula is C114H159ClO10P2. The van der Waals surface area contributed by atoms with Crippen molar-refractivity contribution < 1.29 is 46.8 Å². The lowest BCUT2D eigenvalue weighted by atomic mass is 9.74. The molecule has 0 aromatic heterocycles. The highest BCUT2D eigenvalue weighted by molar-refractivity contribution is 7.76. The lowest BCUT2D eigenvalue weighted by Gasteiger charge is -2.36. The molecule has 8 aromatic rings. The van der Waals surface area contributed by atoms with Gasteiger partial charge in [-0.05, 0) is 162 Å². The molecule has 4 aliphatic heterocycles. The molecule has 4 heterocycles. The van der Waals surface area contributed by atoms with Crippen LogP contribution in [0.1, 0.15) is 462 Å². The van der Waals surface area contributed by atoms with Crippen LogP contribution in [0.4, 0.5) is 0 Å². The van der Waals surface area contributed by atoms with Crippen LogP contribution in [0.2, 0.25) is 0 Å². The molecule has 0 amide bonds. The normalized spacial score (nSPS) is 18.5. The standard InChI is InChI=1S/C57H79O5P.C30H44ClO2P.C27H36O3/c1-32-24-34(45-40-28-37(53(9,10)11)29-42(55(15,16)17)47(40)59-50(45)58)25-41(54(12,13)14)46(32)60-63-61-48-38(26-35(51(3,4)5)30-43(48)56(18,19)20)33(2)39-27-36(52(6,7)8)31-44(49(39)62-63)57(21,22)23;1-18-21-14-19(27(2,3)4)16-23(29(8,9)10)25(21)32-34(31)33-26-22(18)15-20(28(5,6)7)17-24(26)30(11,12)13;1-15-11-16(12-19(22(15)28)26(5,6)7)21-18-13-17(25(2,3)4)14-20(27(8,9)10)23(18)30-24(21)29/h24-31,33,45H,1-23H3;14-18H,1-13H3;11-14,21,28H,1-10H3. The molecule has 692 valence electrons. The molecule has 0 fully saturated rings. The molecule has 13 heteroatoms. The van der Waals surface area contributed by atoms with E-state index >= 15 is 0 Å². The Hall–Kier alpha value is -7.35. The van der Waals surface area contributed by atoms with Gasteiger partial charge in [-0.2, -0.15) is 0 Å². The fraction of sp³-hybridized carbons (Fsp3) is 0.561. The van der Waals surface area contributed by atoms with E-state index in [-0.39, 0.29) is 99.6 Å². The maximum atomic E-state index is 14.2. The van der Waals surface area contributed by atoms with Gasteiger partial charge in [-0.1, -0.05) is 402 Å². The van der Waals surface area contributed by atoms with Crippen molar-refractivity contribution in [3.63, 3.8) is 0 Å². The highest BCUT2D eigenvalue weighted by Crippen LogP contribution is 2.62. The summed E-state index contributed by atoms with van der Waals surface area (Å²) in [5.74, 6) is 4.37. The van der Waals surface area contributed by atoms with Crippen molar-refractivity contribution >= 4 is 39.5 Å². The Kier molecular flexibility index (Phi) is 27.3. The van der Waals surface area contributed by atoms with Crippen LogP contribution in [0, 0.1) is 13.8 Å². The Morgan fingerprint density at radius 3 is 0.740 bits per heavy atom. The van der Waals surface area contributed by atoms with E-state index in [1.54, 1.807) is 0 Å². The third-order valence-corrected chi connectivity index (χ3v) is 27.9. The Morgan fingerprint density at radius 1 is 0.276 bits per heavy atom. The Labute approximate surface area is 775 Å².